The number of nitrogens with two attached hydrogens (primary N) is 1. The Morgan fingerprint density at radius 1 is 1.50 bits per heavy atom. The van der Waals surface area contributed by atoms with E-state index in [2.05, 4.69) is 20.2 Å². The molecule has 3 heterocycles. The fraction of sp³-hybridized carbons (Fsp3) is 0.583. The highest BCUT2D eigenvalue weighted by atomic mass is 16.6. The van der Waals surface area contributed by atoms with Gasteiger partial charge in [-0.15, -0.1) is 5.10 Å². The van der Waals surface area contributed by atoms with Crippen molar-refractivity contribution >= 4 is 30.6 Å². The molecule has 1 aliphatic heterocycles. The second kappa shape index (κ2) is 5.29. The number of β-amino-alcohol motifs (C(OH)–C–C–N with tert-alkyl or cyclic N) is 1. The first-order valence-electron chi connectivity index (χ1n) is 6.95. The summed E-state index contributed by atoms with van der Waals surface area (Å²) in [6.45, 7) is 2.88. The summed E-state index contributed by atoms with van der Waals surface area (Å²) in [5.41, 5.74) is 5.30. The summed E-state index contributed by atoms with van der Waals surface area (Å²) in [6, 6.07) is 0. The molecule has 2 radical (unpaired) electrons. The van der Waals surface area contributed by atoms with Gasteiger partial charge in [0.05, 0.1) is 5.60 Å². The molecule has 1 aliphatic rings. The number of aromatic amines is 1. The van der Waals surface area contributed by atoms with Gasteiger partial charge in [0.2, 0.25) is 11.8 Å². The lowest BCUT2D eigenvalue weighted by Crippen LogP contribution is -2.46. The number of ether oxygens (including phenoxy) is 1. The summed E-state index contributed by atoms with van der Waals surface area (Å²) in [6.07, 6.45) is 0.0106. The molecule has 1 unspecified atom stereocenters. The zero-order valence-corrected chi connectivity index (χ0v) is 12.2. The van der Waals surface area contributed by atoms with Crippen molar-refractivity contribution in [2.75, 3.05) is 23.7 Å². The summed E-state index contributed by atoms with van der Waals surface area (Å²) in [4.78, 5) is 10.2. The number of anilines is 2. The summed E-state index contributed by atoms with van der Waals surface area (Å²) in [5, 5.41) is 26.6. The third-order valence-corrected chi connectivity index (χ3v) is 3.59. The fourth-order valence-corrected chi connectivity index (χ4v) is 2.73. The molecule has 2 aromatic heterocycles. The quantitative estimate of drug-likeness (QED) is 0.424. The average molecular weight is 304 g/mol. The predicted molar refractivity (Wildman–Crippen MR) is 80.6 cm³/mol. The van der Waals surface area contributed by atoms with Gasteiger partial charge >= 0.3 is 0 Å². The number of nitrogens with one attached hydrogen (secondary N) is 1. The molecular weight excluding hydrogens is 287 g/mol. The van der Waals surface area contributed by atoms with Gasteiger partial charge in [-0.3, -0.25) is 5.10 Å². The van der Waals surface area contributed by atoms with Crippen LogP contribution in [0.2, 0.25) is 0 Å². The Kier molecular flexibility index (Phi) is 3.57. The SMILES string of the molecule is [B]C(O)Oc1n[nH]c2nc(N)nc(N3CCC[C@](C)(O)C3)c12. The van der Waals surface area contributed by atoms with Crippen LogP contribution < -0.4 is 15.4 Å². The van der Waals surface area contributed by atoms with Crippen molar-refractivity contribution in [3.8, 4) is 5.88 Å². The Balaban J connectivity index is 2.08. The van der Waals surface area contributed by atoms with E-state index in [1.54, 1.807) is 6.92 Å². The first-order valence-corrected chi connectivity index (χ1v) is 6.95. The van der Waals surface area contributed by atoms with Crippen LogP contribution in [0, 0.1) is 0 Å². The van der Waals surface area contributed by atoms with Gasteiger partial charge < -0.3 is 25.6 Å². The van der Waals surface area contributed by atoms with Crippen LogP contribution in [0.15, 0.2) is 0 Å². The topological polar surface area (TPSA) is 133 Å². The minimum atomic E-state index is -1.51. The van der Waals surface area contributed by atoms with E-state index in [0.717, 1.165) is 6.42 Å². The van der Waals surface area contributed by atoms with Gasteiger partial charge in [-0.25, -0.2) is 0 Å². The minimum absolute atomic E-state index is 0.0798. The van der Waals surface area contributed by atoms with Crippen LogP contribution >= 0.6 is 0 Å². The molecule has 116 valence electrons. The zero-order chi connectivity index (χ0) is 15.9. The number of nitrogens with zero attached hydrogens (tertiary/aromatic N) is 4. The standard InChI is InChI=1S/C12H17BN6O3/c1-12(21)3-2-4-19(5-12)8-6-7(15-11(14)16-8)17-18-9(6)22-10(13)20/h10,20-21H,2-5H2,1H3,(H3,14,15,16,17,18)/t10?,12-/m0/s1. The van der Waals surface area contributed by atoms with E-state index in [9.17, 15) is 10.2 Å². The zero-order valence-electron chi connectivity index (χ0n) is 12.2. The van der Waals surface area contributed by atoms with E-state index in [1.807, 2.05) is 4.90 Å². The van der Waals surface area contributed by atoms with Gasteiger partial charge in [0.25, 0.3) is 0 Å². The normalized spacial score (nSPS) is 23.7. The average Bonchev–Trinajstić information content (AvgIpc) is 2.78. The minimum Gasteiger partial charge on any atom is -0.456 e. The molecule has 1 fully saturated rings. The number of fused-ring (bicyclic) bond motifs is 1. The molecule has 0 aliphatic carbocycles. The molecule has 9 nitrogen and oxygen atoms in total. The number of aromatic nitrogens is 4. The number of H-pyrrole nitrogens is 1. The summed E-state index contributed by atoms with van der Waals surface area (Å²) >= 11 is 0. The molecule has 2 atom stereocenters. The number of hydrogen-bond donors (Lipinski definition) is 4. The Morgan fingerprint density at radius 3 is 2.95 bits per heavy atom. The fourth-order valence-electron chi connectivity index (χ4n) is 2.73. The summed E-state index contributed by atoms with van der Waals surface area (Å²) in [7, 11) is 5.24. The molecule has 0 aromatic carbocycles. The third-order valence-electron chi connectivity index (χ3n) is 3.59. The van der Waals surface area contributed by atoms with Crippen molar-refractivity contribution in [1.82, 2.24) is 20.2 Å². The Bertz CT molecular complexity index is 689. The van der Waals surface area contributed by atoms with E-state index in [1.165, 1.54) is 0 Å². The Morgan fingerprint density at radius 2 is 2.27 bits per heavy atom. The smallest absolute Gasteiger partial charge is 0.247 e. The molecule has 5 N–H and O–H groups in total. The van der Waals surface area contributed by atoms with Crippen LogP contribution in [-0.4, -0.2) is 63.1 Å². The second-order valence-electron chi connectivity index (χ2n) is 5.69. The van der Waals surface area contributed by atoms with Gasteiger partial charge in [-0.1, -0.05) is 0 Å². The van der Waals surface area contributed by atoms with Crippen LogP contribution in [0.5, 0.6) is 5.88 Å². The van der Waals surface area contributed by atoms with E-state index >= 15 is 0 Å². The van der Waals surface area contributed by atoms with E-state index in [0.29, 0.717) is 36.4 Å². The summed E-state index contributed by atoms with van der Waals surface area (Å²) < 4.78 is 5.07. The van der Waals surface area contributed by atoms with Crippen LogP contribution in [0.25, 0.3) is 11.0 Å². The Hall–Kier alpha value is -2.07. The van der Waals surface area contributed by atoms with Crippen molar-refractivity contribution in [2.24, 2.45) is 0 Å². The highest BCUT2D eigenvalue weighted by Crippen LogP contribution is 2.34. The molecule has 10 heteroatoms. The first-order chi connectivity index (χ1) is 10.4. The molecular formula is C12H17BN6O3. The number of rotatable bonds is 3. The van der Waals surface area contributed by atoms with Gasteiger partial charge in [0.1, 0.15) is 17.4 Å². The van der Waals surface area contributed by atoms with Gasteiger partial charge in [-0.2, -0.15) is 9.97 Å². The molecule has 2 aromatic rings. The maximum absolute atomic E-state index is 10.3. The highest BCUT2D eigenvalue weighted by Gasteiger charge is 2.31. The van der Waals surface area contributed by atoms with Crippen LogP contribution in [0.3, 0.4) is 0 Å². The molecule has 0 spiro atoms. The highest BCUT2D eigenvalue weighted by molar-refractivity contribution is 6.10. The lowest BCUT2D eigenvalue weighted by molar-refractivity contribution is 0.0444. The number of hydrogen-bond acceptors (Lipinski definition) is 8. The monoisotopic (exact) mass is 304 g/mol. The van der Waals surface area contributed by atoms with E-state index in [-0.39, 0.29) is 11.8 Å². The molecule has 3 rings (SSSR count). The molecule has 0 amide bonds. The molecule has 0 saturated carbocycles. The van der Waals surface area contributed by atoms with Crippen LogP contribution in [0.1, 0.15) is 19.8 Å². The maximum atomic E-state index is 10.3. The van der Waals surface area contributed by atoms with E-state index in [4.69, 9.17) is 18.3 Å². The lowest BCUT2D eigenvalue weighted by atomic mass is 9.95. The largest absolute Gasteiger partial charge is 0.456 e. The van der Waals surface area contributed by atoms with E-state index < -0.39 is 11.8 Å². The number of nitrogen functional groups attached to an aromatic ring is 1. The van der Waals surface area contributed by atoms with Crippen molar-refractivity contribution in [3.63, 3.8) is 0 Å². The second-order valence-corrected chi connectivity index (χ2v) is 5.69. The van der Waals surface area contributed by atoms with Gasteiger partial charge in [-0.05, 0) is 19.8 Å². The molecule has 0 bridgehead atoms. The van der Waals surface area contributed by atoms with Crippen molar-refractivity contribution in [2.45, 2.75) is 31.6 Å². The third kappa shape index (κ3) is 2.79. The maximum Gasteiger partial charge on any atom is 0.247 e. The Labute approximate surface area is 127 Å². The number of aliphatic hydroxyl groups excluding tert-OH is 1. The van der Waals surface area contributed by atoms with Gasteiger partial charge in [0, 0.05) is 13.1 Å². The predicted octanol–water partition coefficient (Wildman–Crippen LogP) is -0.891. The lowest BCUT2D eigenvalue weighted by Gasteiger charge is -2.37. The van der Waals surface area contributed by atoms with Crippen molar-refractivity contribution in [1.29, 1.82) is 0 Å². The van der Waals surface area contributed by atoms with Crippen molar-refractivity contribution in [3.05, 3.63) is 0 Å². The van der Waals surface area contributed by atoms with Crippen LogP contribution in [-0.2, 0) is 0 Å². The van der Waals surface area contributed by atoms with Gasteiger partial charge in [0.15, 0.2) is 13.5 Å². The van der Waals surface area contributed by atoms with Crippen molar-refractivity contribution < 1.29 is 14.9 Å². The molecule has 22 heavy (non-hydrogen) atoms. The van der Waals surface area contributed by atoms with Crippen LogP contribution in [0.4, 0.5) is 11.8 Å². The molecule has 1 saturated heterocycles. The number of piperidine rings is 1. The first kappa shape index (κ1) is 14.9. The summed E-state index contributed by atoms with van der Waals surface area (Å²) in [5.74, 6) is 0.660. The number of aliphatic hydroxyl groups is 2.